The fourth-order valence-corrected chi connectivity index (χ4v) is 2.04. The Morgan fingerprint density at radius 2 is 1.43 bits per heavy atom. The number of rotatable bonds is 9. The molecule has 0 rings (SSSR count). The van der Waals surface area contributed by atoms with Crippen LogP contribution in [0, 0.1) is 0 Å². The lowest BCUT2D eigenvalue weighted by atomic mass is 9.98. The van der Waals surface area contributed by atoms with Gasteiger partial charge in [0.2, 0.25) is 0 Å². The van der Waals surface area contributed by atoms with Crippen molar-refractivity contribution < 1.29 is 0 Å². The van der Waals surface area contributed by atoms with Crippen molar-refractivity contribution in [3.63, 3.8) is 0 Å². The minimum Gasteiger partial charge on any atom is -0.388 e. The molecule has 0 heterocycles. The van der Waals surface area contributed by atoms with Crippen LogP contribution in [-0.2, 0) is 0 Å². The van der Waals surface area contributed by atoms with E-state index in [1.165, 1.54) is 11.1 Å². The van der Waals surface area contributed by atoms with Crippen molar-refractivity contribution >= 4 is 0 Å². The Balaban J connectivity index is -0.000000414. The zero-order valence-electron chi connectivity index (χ0n) is 19.5. The van der Waals surface area contributed by atoms with Crippen LogP contribution in [0.15, 0.2) is 108 Å². The van der Waals surface area contributed by atoms with E-state index in [-0.39, 0.29) is 0 Å². The second-order valence-electron chi connectivity index (χ2n) is 5.38. The van der Waals surface area contributed by atoms with Gasteiger partial charge in [-0.25, -0.2) is 0 Å². The number of hydrogen-bond donors (Lipinski definition) is 1. The molecule has 0 bridgehead atoms. The van der Waals surface area contributed by atoms with Gasteiger partial charge in [-0.1, -0.05) is 93.3 Å². The van der Waals surface area contributed by atoms with Gasteiger partial charge >= 0.3 is 0 Å². The third-order valence-corrected chi connectivity index (χ3v) is 3.41. The van der Waals surface area contributed by atoms with E-state index in [1.54, 1.807) is 0 Å². The van der Waals surface area contributed by atoms with Crippen molar-refractivity contribution in [2.24, 2.45) is 0 Å². The summed E-state index contributed by atoms with van der Waals surface area (Å²) in [5.74, 6) is 0. The van der Waals surface area contributed by atoms with E-state index in [0.29, 0.717) is 0 Å². The van der Waals surface area contributed by atoms with Gasteiger partial charge in [-0.3, -0.25) is 0 Å². The normalized spacial score (nSPS) is 12.8. The second-order valence-corrected chi connectivity index (χ2v) is 5.38. The molecular weight excluding hydrogens is 338 g/mol. The van der Waals surface area contributed by atoms with Crippen LogP contribution < -0.4 is 5.32 Å². The molecule has 1 N–H and O–H groups in total. The van der Waals surface area contributed by atoms with Crippen molar-refractivity contribution in [2.45, 2.75) is 54.9 Å². The topological polar surface area (TPSA) is 12.0 Å². The van der Waals surface area contributed by atoms with Crippen LogP contribution in [0.1, 0.15) is 54.9 Å². The zero-order valence-corrected chi connectivity index (χ0v) is 19.5. The summed E-state index contributed by atoms with van der Waals surface area (Å²) in [6.45, 7) is 21.9. The Labute approximate surface area is 176 Å². The van der Waals surface area contributed by atoms with E-state index < -0.39 is 0 Å². The molecule has 0 atom stereocenters. The molecule has 0 fully saturated rings. The molecule has 0 spiro atoms. The SMILES string of the molecule is C=CC(=C/C)/C(=C\C)CC(=C)/C=C\C.CC.C\C=C/C=C\C(=C/C=C\C)NC. The quantitative estimate of drug-likeness (QED) is 0.395. The lowest BCUT2D eigenvalue weighted by Crippen LogP contribution is -2.01. The molecule has 1 nitrogen and oxygen atoms in total. The van der Waals surface area contributed by atoms with Gasteiger partial charge in [-0.15, -0.1) is 0 Å². The average Bonchev–Trinajstić information content (AvgIpc) is 2.72. The fourth-order valence-electron chi connectivity index (χ4n) is 2.04. The Bertz CT molecular complexity index is 602. The molecule has 0 amide bonds. The van der Waals surface area contributed by atoms with Crippen molar-refractivity contribution in [3.8, 4) is 0 Å². The summed E-state index contributed by atoms with van der Waals surface area (Å²) in [6, 6.07) is 0. The standard InChI is InChI=1S/C14H20.C11H17N.C2H6/c1-6-10-12(5)11-14(9-4)13(7-2)8-3;1-4-6-8-10-11(12-3)9-7-5-2;1-2/h6-10H,2,5,11H2,1,3-4H3;4-10,12H,1-3H3;1-2H3/b10-6-,13-8-,14-9-;6-4-,7-5-,10-8-,11-9+;. The lowest BCUT2D eigenvalue weighted by molar-refractivity contribution is 1.03. The van der Waals surface area contributed by atoms with E-state index in [0.717, 1.165) is 17.7 Å². The summed E-state index contributed by atoms with van der Waals surface area (Å²) in [5.41, 5.74) is 4.71. The third-order valence-electron chi connectivity index (χ3n) is 3.41. The van der Waals surface area contributed by atoms with Crippen molar-refractivity contribution in [1.29, 1.82) is 0 Å². The Kier molecular flexibility index (Phi) is 26.4. The number of allylic oxidation sites excluding steroid dienone is 15. The van der Waals surface area contributed by atoms with Crippen molar-refractivity contribution in [2.75, 3.05) is 7.05 Å². The maximum atomic E-state index is 3.99. The summed E-state index contributed by atoms with van der Waals surface area (Å²) in [6.07, 6.45) is 25.1. The van der Waals surface area contributed by atoms with Gasteiger partial charge in [0, 0.05) is 12.7 Å². The maximum absolute atomic E-state index is 3.99. The highest BCUT2D eigenvalue weighted by molar-refractivity contribution is 5.41. The first kappa shape index (κ1) is 30.2. The number of nitrogens with one attached hydrogen (secondary N) is 1. The second kappa shape index (κ2) is 24.5. The first-order valence-electron chi connectivity index (χ1n) is 10.1. The lowest BCUT2D eigenvalue weighted by Gasteiger charge is -2.07. The largest absolute Gasteiger partial charge is 0.388 e. The first-order valence-corrected chi connectivity index (χ1v) is 10.1. The van der Waals surface area contributed by atoms with Crippen LogP contribution in [0.5, 0.6) is 0 Å². The molecule has 0 aromatic rings. The molecular formula is C27H43N. The maximum Gasteiger partial charge on any atom is 0.0337 e. The molecule has 0 aliphatic rings. The van der Waals surface area contributed by atoms with Crippen LogP contribution >= 0.6 is 0 Å². The fraction of sp³-hybridized carbons (Fsp3) is 0.333. The highest BCUT2D eigenvalue weighted by atomic mass is 14.8. The van der Waals surface area contributed by atoms with Crippen LogP contribution in [-0.4, -0.2) is 7.05 Å². The Hall–Kier alpha value is -2.54. The van der Waals surface area contributed by atoms with E-state index in [9.17, 15) is 0 Å². The Morgan fingerprint density at radius 3 is 1.82 bits per heavy atom. The van der Waals surface area contributed by atoms with Crippen LogP contribution in [0.4, 0.5) is 0 Å². The molecule has 0 aromatic carbocycles. The zero-order chi connectivity index (χ0) is 22.2. The molecule has 1 heteroatoms. The van der Waals surface area contributed by atoms with Crippen LogP contribution in [0.25, 0.3) is 0 Å². The molecule has 0 saturated heterocycles. The van der Waals surface area contributed by atoms with Crippen LogP contribution in [0.2, 0.25) is 0 Å². The van der Waals surface area contributed by atoms with Crippen molar-refractivity contribution in [1.82, 2.24) is 5.32 Å². The van der Waals surface area contributed by atoms with Gasteiger partial charge < -0.3 is 5.32 Å². The molecule has 0 aromatic heterocycles. The first-order chi connectivity index (χ1) is 13.5. The van der Waals surface area contributed by atoms with E-state index >= 15 is 0 Å². The molecule has 156 valence electrons. The van der Waals surface area contributed by atoms with Crippen LogP contribution in [0.3, 0.4) is 0 Å². The summed E-state index contributed by atoms with van der Waals surface area (Å²) in [4.78, 5) is 0. The summed E-state index contributed by atoms with van der Waals surface area (Å²) >= 11 is 0. The highest BCUT2D eigenvalue weighted by Crippen LogP contribution is 2.19. The summed E-state index contributed by atoms with van der Waals surface area (Å²) in [5, 5.41) is 3.08. The molecule has 28 heavy (non-hydrogen) atoms. The van der Waals surface area contributed by atoms with E-state index in [1.807, 2.05) is 116 Å². The molecule has 0 saturated carbocycles. The predicted octanol–water partition coefficient (Wildman–Crippen LogP) is 8.41. The van der Waals surface area contributed by atoms with E-state index in [4.69, 9.17) is 0 Å². The number of likely N-dealkylation sites (N-methyl/N-ethyl adjacent to an activating group) is 1. The Morgan fingerprint density at radius 1 is 0.821 bits per heavy atom. The van der Waals surface area contributed by atoms with E-state index in [2.05, 4.69) is 30.6 Å². The van der Waals surface area contributed by atoms with Gasteiger partial charge in [-0.05, 0) is 64.3 Å². The molecule has 0 aliphatic heterocycles. The minimum atomic E-state index is 0.895. The summed E-state index contributed by atoms with van der Waals surface area (Å²) < 4.78 is 0. The average molecular weight is 382 g/mol. The molecule has 0 aliphatic carbocycles. The van der Waals surface area contributed by atoms with Crippen molar-refractivity contribution in [3.05, 3.63) is 108 Å². The van der Waals surface area contributed by atoms with Gasteiger partial charge in [-0.2, -0.15) is 0 Å². The van der Waals surface area contributed by atoms with Gasteiger partial charge in [0.15, 0.2) is 0 Å². The highest BCUT2D eigenvalue weighted by Gasteiger charge is 2.00. The minimum absolute atomic E-state index is 0.895. The number of hydrogen-bond acceptors (Lipinski definition) is 1. The molecule has 0 unspecified atom stereocenters. The molecule has 0 radical (unpaired) electrons. The van der Waals surface area contributed by atoms with Gasteiger partial charge in [0.25, 0.3) is 0 Å². The third kappa shape index (κ3) is 18.3. The van der Waals surface area contributed by atoms with Gasteiger partial charge in [0.1, 0.15) is 0 Å². The van der Waals surface area contributed by atoms with Gasteiger partial charge in [0.05, 0.1) is 0 Å². The smallest absolute Gasteiger partial charge is 0.0337 e. The summed E-state index contributed by atoms with van der Waals surface area (Å²) in [7, 11) is 1.91. The predicted molar refractivity (Wildman–Crippen MR) is 134 cm³/mol. The monoisotopic (exact) mass is 381 g/mol.